The molecular weight excluding hydrogens is 412 g/mol. The van der Waals surface area contributed by atoms with Crippen LogP contribution < -0.4 is 0 Å². The number of carbonyl (C=O) groups is 3. The van der Waals surface area contributed by atoms with Gasteiger partial charge in [0, 0.05) is 38.4 Å². The Bertz CT molecular complexity index is 968. The van der Waals surface area contributed by atoms with Crippen molar-refractivity contribution in [2.24, 2.45) is 0 Å². The summed E-state index contributed by atoms with van der Waals surface area (Å²) in [6, 6.07) is 11.4. The van der Waals surface area contributed by atoms with Crippen molar-refractivity contribution in [1.29, 1.82) is 0 Å². The maximum Gasteiger partial charge on any atom is 0.245 e. The number of hydrogen-bond donors (Lipinski definition) is 0. The molecule has 0 N–H and O–H groups in total. The predicted octanol–water partition coefficient (Wildman–Crippen LogP) is 1.88. The van der Waals surface area contributed by atoms with Gasteiger partial charge in [0.15, 0.2) is 0 Å². The minimum absolute atomic E-state index is 0.0161. The van der Waals surface area contributed by atoms with E-state index in [2.05, 4.69) is 11.1 Å². The number of rotatable bonds is 6. The topological polar surface area (TPSA) is 73.8 Å². The smallest absolute Gasteiger partial charge is 0.245 e. The van der Waals surface area contributed by atoms with Gasteiger partial charge in [0.2, 0.25) is 17.7 Å². The lowest BCUT2D eigenvalue weighted by Crippen LogP contribution is -2.60. The van der Waals surface area contributed by atoms with Crippen LogP contribution in [0, 0.1) is 0 Å². The average molecular weight is 439 g/mol. The molecule has 0 aliphatic carbocycles. The third kappa shape index (κ3) is 4.74. The first kappa shape index (κ1) is 21.4. The summed E-state index contributed by atoms with van der Waals surface area (Å²) in [5.74, 6) is 0.744. The van der Waals surface area contributed by atoms with Gasteiger partial charge in [0.05, 0.1) is 11.6 Å². The van der Waals surface area contributed by atoms with Crippen LogP contribution in [0.25, 0.3) is 11.1 Å². The molecule has 2 aliphatic rings. The summed E-state index contributed by atoms with van der Waals surface area (Å²) in [5, 5.41) is 0. The molecule has 3 amide bonds. The molecule has 162 valence electrons. The molecule has 2 saturated heterocycles. The van der Waals surface area contributed by atoms with Crippen molar-refractivity contribution in [1.82, 2.24) is 19.7 Å². The number of pyridine rings is 1. The molecule has 2 aromatic rings. The first-order chi connectivity index (χ1) is 15.1. The van der Waals surface area contributed by atoms with Gasteiger partial charge in [-0.3, -0.25) is 19.4 Å². The fourth-order valence-corrected chi connectivity index (χ4v) is 4.98. The number of benzene rings is 1. The van der Waals surface area contributed by atoms with Crippen LogP contribution in [-0.2, 0) is 20.8 Å². The minimum atomic E-state index is -0.560. The number of carbonyl (C=O) groups excluding carboxylic acids is 3. The van der Waals surface area contributed by atoms with Crippen molar-refractivity contribution >= 4 is 29.5 Å². The first-order valence-corrected chi connectivity index (χ1v) is 11.7. The summed E-state index contributed by atoms with van der Waals surface area (Å²) in [4.78, 5) is 47.4. The minimum Gasteiger partial charge on any atom is -0.339 e. The molecule has 1 aromatic carbocycles. The van der Waals surface area contributed by atoms with Crippen LogP contribution in [-0.4, -0.2) is 81.3 Å². The zero-order valence-corrected chi connectivity index (χ0v) is 18.4. The van der Waals surface area contributed by atoms with Gasteiger partial charge in [-0.1, -0.05) is 30.3 Å². The van der Waals surface area contributed by atoms with E-state index in [-0.39, 0.29) is 24.3 Å². The molecule has 8 heteroatoms. The van der Waals surface area contributed by atoms with Gasteiger partial charge in [-0.05, 0) is 29.7 Å². The average Bonchev–Trinajstić information content (AvgIpc) is 3.20. The Kier molecular flexibility index (Phi) is 6.56. The van der Waals surface area contributed by atoms with Crippen molar-refractivity contribution in [3.05, 3.63) is 54.4 Å². The second-order valence-corrected chi connectivity index (χ2v) is 8.69. The molecule has 4 rings (SSSR count). The summed E-state index contributed by atoms with van der Waals surface area (Å²) >= 11 is 1.51. The van der Waals surface area contributed by atoms with Crippen LogP contribution in [0.2, 0.25) is 0 Å². The van der Waals surface area contributed by atoms with E-state index in [1.54, 1.807) is 20.9 Å². The van der Waals surface area contributed by atoms with Gasteiger partial charge in [-0.25, -0.2) is 0 Å². The van der Waals surface area contributed by atoms with E-state index in [1.165, 1.54) is 11.8 Å². The Labute approximate surface area is 186 Å². The fraction of sp³-hybridized carbons (Fsp3) is 0.391. The van der Waals surface area contributed by atoms with E-state index in [9.17, 15) is 14.4 Å². The van der Waals surface area contributed by atoms with Crippen molar-refractivity contribution in [2.75, 3.05) is 37.8 Å². The lowest BCUT2D eigenvalue weighted by atomic mass is 9.97. The molecule has 2 aliphatic heterocycles. The molecule has 0 radical (unpaired) electrons. The second-order valence-electron chi connectivity index (χ2n) is 7.74. The highest BCUT2D eigenvalue weighted by molar-refractivity contribution is 8.00. The van der Waals surface area contributed by atoms with E-state index in [0.717, 1.165) is 16.7 Å². The SMILES string of the molecule is CCN1CCN(C(=O)CN2CSCC2=O)[C@@H](Cc2cccc(-c3cccnc3)c2)C1=O. The van der Waals surface area contributed by atoms with Gasteiger partial charge in [-0.15, -0.1) is 11.8 Å². The molecular formula is C23H26N4O3S. The van der Waals surface area contributed by atoms with Crippen LogP contribution in [0.15, 0.2) is 48.8 Å². The quantitative estimate of drug-likeness (QED) is 0.689. The molecule has 0 unspecified atom stereocenters. The highest BCUT2D eigenvalue weighted by Gasteiger charge is 2.38. The third-order valence-corrected chi connectivity index (χ3v) is 6.73. The van der Waals surface area contributed by atoms with Gasteiger partial charge in [0.25, 0.3) is 0 Å². The molecule has 0 bridgehead atoms. The largest absolute Gasteiger partial charge is 0.339 e. The number of likely N-dealkylation sites (N-methyl/N-ethyl adjacent to an activating group) is 1. The summed E-state index contributed by atoms with van der Waals surface area (Å²) in [6.45, 7) is 3.62. The highest BCUT2D eigenvalue weighted by atomic mass is 32.2. The number of aromatic nitrogens is 1. The Balaban J connectivity index is 1.55. The van der Waals surface area contributed by atoms with Crippen molar-refractivity contribution in [3.8, 4) is 11.1 Å². The molecule has 7 nitrogen and oxygen atoms in total. The molecule has 31 heavy (non-hydrogen) atoms. The van der Waals surface area contributed by atoms with Gasteiger partial charge in [-0.2, -0.15) is 0 Å². The van der Waals surface area contributed by atoms with Crippen LogP contribution >= 0.6 is 11.8 Å². The van der Waals surface area contributed by atoms with Crippen LogP contribution in [0.3, 0.4) is 0 Å². The Morgan fingerprint density at radius 2 is 1.97 bits per heavy atom. The van der Waals surface area contributed by atoms with Gasteiger partial charge >= 0.3 is 0 Å². The van der Waals surface area contributed by atoms with Crippen molar-refractivity contribution in [3.63, 3.8) is 0 Å². The molecule has 3 heterocycles. The summed E-state index contributed by atoms with van der Waals surface area (Å²) in [6.07, 6.45) is 3.99. The van der Waals surface area contributed by atoms with Crippen molar-refractivity contribution < 1.29 is 14.4 Å². The number of piperazine rings is 1. The standard InChI is InChI=1S/C23H26N4O3S/c1-2-25-9-10-27(21(28)14-26-16-31-15-22(26)29)20(23(25)30)12-17-5-3-6-18(11-17)19-7-4-8-24-13-19/h3-8,11,13,20H,2,9-10,12,14-16H2,1H3/t20-/m0/s1. The van der Waals surface area contributed by atoms with Crippen molar-refractivity contribution in [2.45, 2.75) is 19.4 Å². The Morgan fingerprint density at radius 1 is 1.13 bits per heavy atom. The zero-order chi connectivity index (χ0) is 21.8. The second kappa shape index (κ2) is 9.51. The number of nitrogens with zero attached hydrogens (tertiary/aromatic N) is 4. The van der Waals surface area contributed by atoms with Gasteiger partial charge < -0.3 is 14.7 Å². The van der Waals surface area contributed by atoms with E-state index >= 15 is 0 Å². The van der Waals surface area contributed by atoms with E-state index in [1.807, 2.05) is 43.5 Å². The summed E-state index contributed by atoms with van der Waals surface area (Å²) in [7, 11) is 0. The molecule has 0 saturated carbocycles. The number of thioether (sulfide) groups is 1. The summed E-state index contributed by atoms with van der Waals surface area (Å²) in [5.41, 5.74) is 3.02. The summed E-state index contributed by atoms with van der Waals surface area (Å²) < 4.78 is 0. The van der Waals surface area contributed by atoms with E-state index in [0.29, 0.717) is 37.7 Å². The fourth-order valence-electron chi connectivity index (χ4n) is 4.08. The highest BCUT2D eigenvalue weighted by Crippen LogP contribution is 2.23. The lowest BCUT2D eigenvalue weighted by molar-refractivity contribution is -0.152. The monoisotopic (exact) mass is 438 g/mol. The molecule has 0 spiro atoms. The normalized spacial score (nSPS) is 19.3. The predicted molar refractivity (Wildman–Crippen MR) is 120 cm³/mol. The number of amides is 3. The maximum absolute atomic E-state index is 13.2. The van der Waals surface area contributed by atoms with E-state index < -0.39 is 6.04 Å². The van der Waals surface area contributed by atoms with Gasteiger partial charge in [0.1, 0.15) is 12.6 Å². The van der Waals surface area contributed by atoms with Crippen LogP contribution in [0.1, 0.15) is 12.5 Å². The zero-order valence-electron chi connectivity index (χ0n) is 17.6. The van der Waals surface area contributed by atoms with Crippen LogP contribution in [0.4, 0.5) is 0 Å². The molecule has 2 fully saturated rings. The van der Waals surface area contributed by atoms with Crippen LogP contribution in [0.5, 0.6) is 0 Å². The first-order valence-electron chi connectivity index (χ1n) is 10.5. The maximum atomic E-state index is 13.2. The Morgan fingerprint density at radius 3 is 2.68 bits per heavy atom. The number of hydrogen-bond acceptors (Lipinski definition) is 5. The van der Waals surface area contributed by atoms with E-state index in [4.69, 9.17) is 0 Å². The molecule has 1 aromatic heterocycles. The Hall–Kier alpha value is -2.87. The third-order valence-electron chi connectivity index (χ3n) is 5.79. The molecule has 1 atom stereocenters. The lowest BCUT2D eigenvalue weighted by Gasteiger charge is -2.41.